The highest BCUT2D eigenvalue weighted by molar-refractivity contribution is 4.80. The minimum atomic E-state index is -0.211. The minimum absolute atomic E-state index is 0.211. The van der Waals surface area contributed by atoms with E-state index in [1.54, 1.807) is 0 Å². The summed E-state index contributed by atoms with van der Waals surface area (Å²) < 4.78 is 12.2. The van der Waals surface area contributed by atoms with Crippen molar-refractivity contribution in [3.8, 4) is 0 Å². The van der Waals surface area contributed by atoms with Crippen molar-refractivity contribution in [2.24, 2.45) is 0 Å². The molecule has 1 nitrogen and oxygen atoms in total. The Hall–Kier alpha value is -0.370. The zero-order chi connectivity index (χ0) is 9.40. The first-order valence-corrected chi connectivity index (χ1v) is 4.68. The second kappa shape index (κ2) is 7.29. The van der Waals surface area contributed by atoms with Gasteiger partial charge in [-0.25, -0.2) is 4.39 Å². The van der Waals surface area contributed by atoms with Gasteiger partial charge in [-0.15, -0.1) is 0 Å². The smallest absolute Gasteiger partial charge is 0.0940 e. The van der Waals surface area contributed by atoms with E-state index in [1.807, 2.05) is 7.05 Å². The van der Waals surface area contributed by atoms with Gasteiger partial charge in [-0.3, -0.25) is 0 Å². The van der Waals surface area contributed by atoms with Crippen molar-refractivity contribution < 1.29 is 4.39 Å². The quantitative estimate of drug-likeness (QED) is 0.535. The molecular weight excluding hydrogens is 153 g/mol. The number of hydrogen-bond acceptors (Lipinski definition) is 1. The van der Waals surface area contributed by atoms with Crippen LogP contribution in [0.15, 0.2) is 12.4 Å². The van der Waals surface area contributed by atoms with Gasteiger partial charge in [-0.2, -0.15) is 0 Å². The molecule has 0 fully saturated rings. The van der Waals surface area contributed by atoms with E-state index < -0.39 is 0 Å². The molecule has 0 heterocycles. The van der Waals surface area contributed by atoms with E-state index in [4.69, 9.17) is 0 Å². The molecule has 0 amide bonds. The molecule has 0 aliphatic carbocycles. The van der Waals surface area contributed by atoms with Gasteiger partial charge in [0.25, 0.3) is 0 Å². The predicted molar refractivity (Wildman–Crippen MR) is 51.9 cm³/mol. The second-order valence-corrected chi connectivity index (χ2v) is 3.28. The lowest BCUT2D eigenvalue weighted by Gasteiger charge is -2.14. The van der Waals surface area contributed by atoms with Gasteiger partial charge in [0, 0.05) is 13.0 Å². The largest absolute Gasteiger partial charge is 0.306 e. The number of nitrogens with zero attached hydrogens (tertiary/aromatic N) is 1. The molecule has 0 saturated carbocycles. The summed E-state index contributed by atoms with van der Waals surface area (Å²) in [6.07, 6.45) is 4.19. The van der Waals surface area contributed by atoms with Crippen LogP contribution in [0.4, 0.5) is 4.39 Å². The van der Waals surface area contributed by atoms with Crippen LogP contribution in [0.3, 0.4) is 0 Å². The maximum atomic E-state index is 12.2. The molecule has 12 heavy (non-hydrogen) atoms. The molecule has 0 atom stereocenters. The standard InChI is InChI=1S/C10H20FN/c1-4-5-6-8-12(3)9-7-10(2)11/h2,4-9H2,1,3H3. The zero-order valence-corrected chi connectivity index (χ0v) is 8.27. The van der Waals surface area contributed by atoms with Gasteiger partial charge < -0.3 is 4.90 Å². The molecule has 0 radical (unpaired) electrons. The molecule has 0 saturated heterocycles. The summed E-state index contributed by atoms with van der Waals surface area (Å²) in [6.45, 7) is 7.28. The fraction of sp³-hybridized carbons (Fsp3) is 0.800. The number of rotatable bonds is 7. The predicted octanol–water partition coefficient (Wildman–Crippen LogP) is 2.98. The summed E-state index contributed by atoms with van der Waals surface area (Å²) in [5.74, 6) is -0.211. The lowest BCUT2D eigenvalue weighted by Crippen LogP contribution is -2.20. The molecule has 72 valence electrons. The Kier molecular flexibility index (Phi) is 7.06. The summed E-state index contributed by atoms with van der Waals surface area (Å²) in [5, 5.41) is 0. The van der Waals surface area contributed by atoms with Crippen molar-refractivity contribution in [2.45, 2.75) is 32.6 Å². The Balaban J connectivity index is 3.21. The lowest BCUT2D eigenvalue weighted by molar-refractivity contribution is 0.320. The van der Waals surface area contributed by atoms with Crippen LogP contribution in [0.25, 0.3) is 0 Å². The maximum Gasteiger partial charge on any atom is 0.0940 e. The molecule has 0 bridgehead atoms. The zero-order valence-electron chi connectivity index (χ0n) is 8.27. The van der Waals surface area contributed by atoms with Gasteiger partial charge in [0.05, 0.1) is 5.83 Å². The average molecular weight is 173 g/mol. The molecular formula is C10H20FN. The molecule has 0 aliphatic heterocycles. The Morgan fingerprint density at radius 2 is 2.00 bits per heavy atom. The van der Waals surface area contributed by atoms with Crippen molar-refractivity contribution in [1.82, 2.24) is 4.90 Å². The van der Waals surface area contributed by atoms with Gasteiger partial charge in [0.15, 0.2) is 0 Å². The van der Waals surface area contributed by atoms with Crippen LogP contribution >= 0.6 is 0 Å². The molecule has 0 N–H and O–H groups in total. The summed E-state index contributed by atoms with van der Waals surface area (Å²) in [6, 6.07) is 0. The third-order valence-electron chi connectivity index (χ3n) is 1.91. The van der Waals surface area contributed by atoms with Crippen molar-refractivity contribution >= 4 is 0 Å². The minimum Gasteiger partial charge on any atom is -0.306 e. The van der Waals surface area contributed by atoms with E-state index in [-0.39, 0.29) is 5.83 Å². The van der Waals surface area contributed by atoms with E-state index in [1.165, 1.54) is 19.3 Å². The summed E-state index contributed by atoms with van der Waals surface area (Å²) in [4.78, 5) is 2.15. The first-order chi connectivity index (χ1) is 5.66. The molecule has 0 aromatic rings. The summed E-state index contributed by atoms with van der Waals surface area (Å²) >= 11 is 0. The van der Waals surface area contributed by atoms with Crippen molar-refractivity contribution in [3.05, 3.63) is 12.4 Å². The van der Waals surface area contributed by atoms with Gasteiger partial charge in [0.1, 0.15) is 0 Å². The van der Waals surface area contributed by atoms with Gasteiger partial charge in [-0.05, 0) is 20.0 Å². The Bertz CT molecular complexity index is 123. The molecule has 0 aromatic carbocycles. The van der Waals surface area contributed by atoms with Crippen molar-refractivity contribution in [3.63, 3.8) is 0 Å². The topological polar surface area (TPSA) is 3.24 Å². The van der Waals surface area contributed by atoms with E-state index >= 15 is 0 Å². The highest BCUT2D eigenvalue weighted by Gasteiger charge is 1.98. The third-order valence-corrected chi connectivity index (χ3v) is 1.91. The van der Waals surface area contributed by atoms with Crippen LogP contribution in [0.5, 0.6) is 0 Å². The van der Waals surface area contributed by atoms with Gasteiger partial charge >= 0.3 is 0 Å². The molecule has 0 spiro atoms. The Labute approximate surface area is 75.3 Å². The number of hydrogen-bond donors (Lipinski definition) is 0. The van der Waals surface area contributed by atoms with E-state index in [0.717, 1.165) is 13.1 Å². The van der Waals surface area contributed by atoms with Crippen LogP contribution in [0, 0.1) is 0 Å². The van der Waals surface area contributed by atoms with Gasteiger partial charge in [0.2, 0.25) is 0 Å². The first kappa shape index (κ1) is 11.6. The van der Waals surface area contributed by atoms with Crippen molar-refractivity contribution in [2.75, 3.05) is 20.1 Å². The molecule has 0 aromatic heterocycles. The lowest BCUT2D eigenvalue weighted by atomic mass is 10.2. The number of unbranched alkanes of at least 4 members (excludes halogenated alkanes) is 2. The van der Waals surface area contributed by atoms with E-state index in [0.29, 0.717) is 6.42 Å². The van der Waals surface area contributed by atoms with Crippen LogP contribution in [-0.4, -0.2) is 25.0 Å². The highest BCUT2D eigenvalue weighted by Crippen LogP contribution is 2.01. The fourth-order valence-electron chi connectivity index (χ4n) is 1.06. The fourth-order valence-corrected chi connectivity index (χ4v) is 1.06. The highest BCUT2D eigenvalue weighted by atomic mass is 19.1. The monoisotopic (exact) mass is 173 g/mol. The maximum absolute atomic E-state index is 12.2. The summed E-state index contributed by atoms with van der Waals surface area (Å²) in [7, 11) is 2.03. The van der Waals surface area contributed by atoms with Crippen LogP contribution in [-0.2, 0) is 0 Å². The Morgan fingerprint density at radius 1 is 1.33 bits per heavy atom. The molecule has 0 unspecified atom stereocenters. The summed E-state index contributed by atoms with van der Waals surface area (Å²) in [5.41, 5.74) is 0. The van der Waals surface area contributed by atoms with E-state index in [9.17, 15) is 4.39 Å². The average Bonchev–Trinajstić information content (AvgIpc) is 2.01. The van der Waals surface area contributed by atoms with Gasteiger partial charge in [-0.1, -0.05) is 26.3 Å². The number of halogens is 1. The molecule has 0 aliphatic rings. The van der Waals surface area contributed by atoms with Crippen LogP contribution in [0.2, 0.25) is 0 Å². The SMILES string of the molecule is C=C(F)CCN(C)CCCCC. The first-order valence-electron chi connectivity index (χ1n) is 4.68. The normalized spacial score (nSPS) is 10.7. The van der Waals surface area contributed by atoms with Crippen LogP contribution < -0.4 is 0 Å². The Morgan fingerprint density at radius 3 is 2.50 bits per heavy atom. The van der Waals surface area contributed by atoms with E-state index in [2.05, 4.69) is 18.4 Å². The molecule has 2 heteroatoms. The molecule has 0 rings (SSSR count). The van der Waals surface area contributed by atoms with Crippen LogP contribution in [0.1, 0.15) is 32.6 Å². The third kappa shape index (κ3) is 7.73. The van der Waals surface area contributed by atoms with Crippen molar-refractivity contribution in [1.29, 1.82) is 0 Å². The second-order valence-electron chi connectivity index (χ2n) is 3.28.